The predicted molar refractivity (Wildman–Crippen MR) is 72.1 cm³/mol. The number of fused-ring (bicyclic) bond motifs is 1. The second-order valence-corrected chi connectivity index (χ2v) is 5.77. The van der Waals surface area contributed by atoms with Crippen LogP contribution in [0.25, 0.3) is 0 Å². The molecule has 1 aromatic carbocycles. The number of nitrogens with one attached hydrogen (secondary N) is 1. The Morgan fingerprint density at radius 1 is 1.40 bits per heavy atom. The fourth-order valence-corrected chi connectivity index (χ4v) is 2.73. The van der Waals surface area contributed by atoms with Crippen LogP contribution >= 0.6 is 0 Å². The quantitative estimate of drug-likeness (QED) is 0.722. The molecule has 2 heterocycles. The number of amides is 1. The summed E-state index contributed by atoms with van der Waals surface area (Å²) in [5.41, 5.74) is 0.429. The van der Waals surface area contributed by atoms with Gasteiger partial charge in [0.1, 0.15) is 5.82 Å². The number of piperidine rings is 1. The number of carbonyl (C=O) groups excluding carboxylic acids is 1. The molecule has 0 spiro atoms. The Hall–Kier alpha value is -1.66. The monoisotopic (exact) mass is 280 g/mol. The Kier molecular flexibility index (Phi) is 2.95. The maximum Gasteiger partial charge on any atom is 0.257 e. The fraction of sp³-hybridized carbons (Fsp3) is 0.500. The molecule has 1 aromatic rings. The summed E-state index contributed by atoms with van der Waals surface area (Å²) in [6.07, 6.45) is -0.160. The van der Waals surface area contributed by atoms with Crippen molar-refractivity contribution in [1.29, 1.82) is 0 Å². The number of hydrogen-bond acceptors (Lipinski definition) is 4. The number of nitrogens with zero attached hydrogens (tertiary/aromatic N) is 1. The first-order valence-electron chi connectivity index (χ1n) is 6.67. The van der Waals surface area contributed by atoms with Gasteiger partial charge in [0.05, 0.1) is 11.3 Å². The Morgan fingerprint density at radius 2 is 2.05 bits per heavy atom. The molecule has 0 aliphatic carbocycles. The largest absolute Gasteiger partial charge is 0.390 e. The topological polar surface area (TPSA) is 72.8 Å². The highest BCUT2D eigenvalue weighted by atomic mass is 19.1. The van der Waals surface area contributed by atoms with Crippen molar-refractivity contribution in [3.63, 3.8) is 0 Å². The SMILES string of the molecule is CC1(O)CCN(c2cc3c(cc2F)C(O)C(=O)N3)CC1. The lowest BCUT2D eigenvalue weighted by molar-refractivity contribution is -0.123. The minimum atomic E-state index is -1.30. The van der Waals surface area contributed by atoms with Gasteiger partial charge < -0.3 is 20.4 Å². The second-order valence-electron chi connectivity index (χ2n) is 5.77. The highest BCUT2D eigenvalue weighted by Crippen LogP contribution is 2.37. The third kappa shape index (κ3) is 2.14. The average molecular weight is 280 g/mol. The van der Waals surface area contributed by atoms with Crippen LogP contribution in [0.2, 0.25) is 0 Å². The third-order valence-corrected chi connectivity index (χ3v) is 4.10. The number of carbonyl (C=O) groups is 1. The Morgan fingerprint density at radius 3 is 2.70 bits per heavy atom. The van der Waals surface area contributed by atoms with Crippen molar-refractivity contribution >= 4 is 17.3 Å². The summed E-state index contributed by atoms with van der Waals surface area (Å²) in [7, 11) is 0. The summed E-state index contributed by atoms with van der Waals surface area (Å²) < 4.78 is 14.2. The van der Waals surface area contributed by atoms with Crippen LogP contribution < -0.4 is 10.2 Å². The number of benzene rings is 1. The molecule has 1 amide bonds. The average Bonchev–Trinajstić information content (AvgIpc) is 2.65. The van der Waals surface area contributed by atoms with Crippen molar-refractivity contribution in [2.45, 2.75) is 31.5 Å². The van der Waals surface area contributed by atoms with Crippen molar-refractivity contribution in [3.8, 4) is 0 Å². The maximum absolute atomic E-state index is 14.2. The molecule has 20 heavy (non-hydrogen) atoms. The lowest BCUT2D eigenvalue weighted by Gasteiger charge is -2.37. The number of aliphatic hydroxyl groups is 2. The van der Waals surface area contributed by atoms with Crippen LogP contribution in [0.4, 0.5) is 15.8 Å². The molecule has 5 nitrogen and oxygen atoms in total. The minimum Gasteiger partial charge on any atom is -0.390 e. The van der Waals surface area contributed by atoms with Gasteiger partial charge in [-0.1, -0.05) is 0 Å². The van der Waals surface area contributed by atoms with E-state index in [1.165, 1.54) is 6.07 Å². The van der Waals surface area contributed by atoms with Crippen molar-refractivity contribution in [1.82, 2.24) is 0 Å². The lowest BCUT2D eigenvalue weighted by atomic mass is 9.93. The smallest absolute Gasteiger partial charge is 0.257 e. The van der Waals surface area contributed by atoms with E-state index in [1.54, 1.807) is 13.0 Å². The van der Waals surface area contributed by atoms with E-state index in [0.717, 1.165) is 0 Å². The van der Waals surface area contributed by atoms with Gasteiger partial charge in [-0.3, -0.25) is 4.79 Å². The molecule has 0 aromatic heterocycles. The van der Waals surface area contributed by atoms with Crippen molar-refractivity contribution in [2.24, 2.45) is 0 Å². The summed E-state index contributed by atoms with van der Waals surface area (Å²) in [6, 6.07) is 2.76. The Labute approximate surface area is 116 Å². The number of hydrogen-bond donors (Lipinski definition) is 3. The zero-order valence-corrected chi connectivity index (χ0v) is 11.2. The van der Waals surface area contributed by atoms with Crippen LogP contribution in [0.3, 0.4) is 0 Å². The molecule has 0 bridgehead atoms. The molecular weight excluding hydrogens is 263 g/mol. The van der Waals surface area contributed by atoms with Gasteiger partial charge in [0, 0.05) is 24.3 Å². The normalized spacial score (nSPS) is 24.5. The van der Waals surface area contributed by atoms with E-state index < -0.39 is 23.4 Å². The zero-order valence-electron chi connectivity index (χ0n) is 11.2. The lowest BCUT2D eigenvalue weighted by Crippen LogP contribution is -2.42. The van der Waals surface area contributed by atoms with Crippen molar-refractivity contribution < 1.29 is 19.4 Å². The standard InChI is InChI=1S/C14H17FN2O3/c1-14(20)2-4-17(5-3-14)11-7-10-8(6-9(11)15)12(18)13(19)16-10/h6-7,12,18,20H,2-5H2,1H3,(H,16,19). The van der Waals surface area contributed by atoms with Gasteiger partial charge in [0.2, 0.25) is 0 Å². The summed E-state index contributed by atoms with van der Waals surface area (Å²) in [5, 5.41) is 22.1. The molecule has 1 unspecified atom stereocenters. The van der Waals surface area contributed by atoms with Gasteiger partial charge in [0.15, 0.2) is 6.10 Å². The van der Waals surface area contributed by atoms with E-state index in [0.29, 0.717) is 37.3 Å². The molecule has 2 aliphatic rings. The van der Waals surface area contributed by atoms with Gasteiger partial charge in [0.25, 0.3) is 5.91 Å². The van der Waals surface area contributed by atoms with Crippen LogP contribution in [0.5, 0.6) is 0 Å². The molecule has 1 atom stereocenters. The van der Waals surface area contributed by atoms with Crippen LogP contribution in [-0.2, 0) is 4.79 Å². The zero-order chi connectivity index (χ0) is 14.5. The second kappa shape index (κ2) is 4.43. The number of halogens is 1. The third-order valence-electron chi connectivity index (χ3n) is 4.10. The number of aliphatic hydroxyl groups excluding tert-OH is 1. The molecule has 108 valence electrons. The first kappa shape index (κ1) is 13.3. The molecule has 3 N–H and O–H groups in total. The van der Waals surface area contributed by atoms with Gasteiger partial charge in [-0.05, 0) is 31.9 Å². The van der Waals surface area contributed by atoms with Crippen molar-refractivity contribution in [2.75, 3.05) is 23.3 Å². The van der Waals surface area contributed by atoms with Gasteiger partial charge in [-0.15, -0.1) is 0 Å². The van der Waals surface area contributed by atoms with E-state index in [2.05, 4.69) is 5.32 Å². The summed E-state index contributed by atoms with van der Waals surface area (Å²) in [6.45, 7) is 2.89. The highest BCUT2D eigenvalue weighted by Gasteiger charge is 2.32. The first-order valence-corrected chi connectivity index (χ1v) is 6.67. The summed E-state index contributed by atoms with van der Waals surface area (Å²) in [5.74, 6) is -0.987. The Balaban J connectivity index is 1.89. The molecule has 1 saturated heterocycles. The van der Waals surface area contributed by atoms with Gasteiger partial charge >= 0.3 is 0 Å². The van der Waals surface area contributed by atoms with E-state index in [-0.39, 0.29) is 5.56 Å². The molecule has 1 fully saturated rings. The molecular formula is C14H17FN2O3. The minimum absolute atomic E-state index is 0.278. The Bertz CT molecular complexity index is 564. The maximum atomic E-state index is 14.2. The van der Waals surface area contributed by atoms with Crippen LogP contribution in [0.1, 0.15) is 31.4 Å². The van der Waals surface area contributed by atoms with E-state index >= 15 is 0 Å². The van der Waals surface area contributed by atoms with Crippen LogP contribution in [0.15, 0.2) is 12.1 Å². The first-order chi connectivity index (χ1) is 9.37. The van der Waals surface area contributed by atoms with E-state index in [4.69, 9.17) is 0 Å². The van der Waals surface area contributed by atoms with E-state index in [9.17, 15) is 19.4 Å². The summed E-state index contributed by atoms with van der Waals surface area (Å²) in [4.78, 5) is 13.2. The number of anilines is 2. The molecule has 3 rings (SSSR count). The molecule has 0 radical (unpaired) electrons. The summed E-state index contributed by atoms with van der Waals surface area (Å²) >= 11 is 0. The highest BCUT2D eigenvalue weighted by molar-refractivity contribution is 6.02. The van der Waals surface area contributed by atoms with Gasteiger partial charge in [-0.25, -0.2) is 4.39 Å². The van der Waals surface area contributed by atoms with Crippen LogP contribution in [0, 0.1) is 5.82 Å². The molecule has 6 heteroatoms. The number of rotatable bonds is 1. The molecule has 2 aliphatic heterocycles. The van der Waals surface area contributed by atoms with Gasteiger partial charge in [-0.2, -0.15) is 0 Å². The van der Waals surface area contributed by atoms with Crippen molar-refractivity contribution in [3.05, 3.63) is 23.5 Å². The van der Waals surface area contributed by atoms with Crippen LogP contribution in [-0.4, -0.2) is 34.8 Å². The fourth-order valence-electron chi connectivity index (χ4n) is 2.73. The van der Waals surface area contributed by atoms with E-state index in [1.807, 2.05) is 4.90 Å². The molecule has 0 saturated carbocycles. The predicted octanol–water partition coefficient (Wildman–Crippen LogP) is 1.16.